The second-order valence-corrected chi connectivity index (χ2v) is 4.70. The van der Waals surface area contributed by atoms with Gasteiger partial charge in [0.1, 0.15) is 5.78 Å². The minimum atomic E-state index is 0.439. The van der Waals surface area contributed by atoms with E-state index in [0.29, 0.717) is 17.6 Å². The highest BCUT2D eigenvalue weighted by molar-refractivity contribution is 5.83. The van der Waals surface area contributed by atoms with E-state index in [2.05, 4.69) is 13.8 Å². The molecule has 0 heterocycles. The van der Waals surface area contributed by atoms with Crippen LogP contribution in [0.5, 0.6) is 0 Å². The number of Topliss-reactive ketones (excluding diaryl/α,β-unsaturated/α-hetero) is 1. The second-order valence-electron chi connectivity index (χ2n) is 4.70. The molecule has 0 aromatic carbocycles. The molecule has 0 radical (unpaired) electrons. The number of carbonyl (C=O) groups is 1. The molecule has 2 rings (SSSR count). The molecule has 0 aliphatic heterocycles. The smallest absolute Gasteiger partial charge is 0.136 e. The van der Waals surface area contributed by atoms with Crippen molar-refractivity contribution in [3.8, 4) is 0 Å². The van der Waals surface area contributed by atoms with E-state index in [1.807, 2.05) is 0 Å². The Morgan fingerprint density at radius 2 is 1.92 bits per heavy atom. The van der Waals surface area contributed by atoms with E-state index in [1.165, 1.54) is 19.3 Å². The molecule has 1 nitrogen and oxygen atoms in total. The van der Waals surface area contributed by atoms with E-state index in [9.17, 15) is 4.79 Å². The van der Waals surface area contributed by atoms with E-state index in [-0.39, 0.29) is 0 Å². The zero-order chi connectivity index (χ0) is 8.72. The highest BCUT2D eigenvalue weighted by Crippen LogP contribution is 2.45. The maximum atomic E-state index is 11.6. The van der Waals surface area contributed by atoms with Crippen molar-refractivity contribution in [1.29, 1.82) is 0 Å². The summed E-state index contributed by atoms with van der Waals surface area (Å²) in [5, 5.41) is 0. The average Bonchev–Trinajstić information content (AvgIpc) is 2.41. The summed E-state index contributed by atoms with van der Waals surface area (Å²) in [5.41, 5.74) is 0. The molecule has 2 fully saturated rings. The first kappa shape index (κ1) is 8.28. The average molecular weight is 166 g/mol. The van der Waals surface area contributed by atoms with E-state index >= 15 is 0 Å². The standard InChI is InChI=1S/C11H18O/c1-7-3-4-9-5-6-10(12)11(9)8(7)2/h7-9,11H,3-6H2,1-2H3. The van der Waals surface area contributed by atoms with E-state index < -0.39 is 0 Å². The molecular formula is C11H18O. The van der Waals surface area contributed by atoms with Crippen molar-refractivity contribution in [2.24, 2.45) is 23.7 Å². The van der Waals surface area contributed by atoms with Gasteiger partial charge in [0.15, 0.2) is 0 Å². The van der Waals surface area contributed by atoms with Gasteiger partial charge in [0, 0.05) is 12.3 Å². The van der Waals surface area contributed by atoms with Crippen LogP contribution in [-0.4, -0.2) is 5.78 Å². The minimum Gasteiger partial charge on any atom is -0.299 e. The fourth-order valence-corrected chi connectivity index (χ4v) is 3.08. The van der Waals surface area contributed by atoms with Gasteiger partial charge in [-0.25, -0.2) is 0 Å². The van der Waals surface area contributed by atoms with Gasteiger partial charge in [0.05, 0.1) is 0 Å². The van der Waals surface area contributed by atoms with Gasteiger partial charge in [-0.2, -0.15) is 0 Å². The molecular weight excluding hydrogens is 148 g/mol. The maximum Gasteiger partial charge on any atom is 0.136 e. The predicted octanol–water partition coefficient (Wildman–Crippen LogP) is 2.65. The molecule has 0 aromatic rings. The maximum absolute atomic E-state index is 11.6. The van der Waals surface area contributed by atoms with Crippen LogP contribution in [0.3, 0.4) is 0 Å². The van der Waals surface area contributed by atoms with Crippen LogP contribution in [0.1, 0.15) is 39.5 Å². The Balaban J connectivity index is 2.16. The van der Waals surface area contributed by atoms with Crippen molar-refractivity contribution in [2.45, 2.75) is 39.5 Å². The summed E-state index contributed by atoms with van der Waals surface area (Å²) in [6.45, 7) is 4.57. The molecule has 68 valence electrons. The van der Waals surface area contributed by atoms with E-state index in [1.54, 1.807) is 0 Å². The lowest BCUT2D eigenvalue weighted by Crippen LogP contribution is -2.32. The first-order valence-corrected chi connectivity index (χ1v) is 5.23. The lowest BCUT2D eigenvalue weighted by molar-refractivity contribution is -0.124. The Labute approximate surface area is 74.5 Å². The van der Waals surface area contributed by atoms with Gasteiger partial charge in [0.25, 0.3) is 0 Å². The largest absolute Gasteiger partial charge is 0.299 e. The highest BCUT2D eigenvalue weighted by atomic mass is 16.1. The van der Waals surface area contributed by atoms with Crippen LogP contribution >= 0.6 is 0 Å². The number of hydrogen-bond acceptors (Lipinski definition) is 1. The predicted molar refractivity (Wildman–Crippen MR) is 48.8 cm³/mol. The van der Waals surface area contributed by atoms with Gasteiger partial charge in [-0.3, -0.25) is 4.79 Å². The molecule has 0 amide bonds. The van der Waals surface area contributed by atoms with Crippen LogP contribution in [0.4, 0.5) is 0 Å². The van der Waals surface area contributed by atoms with Crippen molar-refractivity contribution < 1.29 is 4.79 Å². The third-order valence-electron chi connectivity index (χ3n) is 4.10. The molecule has 2 aliphatic rings. The summed E-state index contributed by atoms with van der Waals surface area (Å²) in [6, 6.07) is 0. The molecule has 12 heavy (non-hydrogen) atoms. The molecule has 0 bridgehead atoms. The molecule has 0 N–H and O–H groups in total. The third kappa shape index (κ3) is 1.10. The first-order valence-electron chi connectivity index (χ1n) is 5.23. The lowest BCUT2D eigenvalue weighted by atomic mass is 9.69. The van der Waals surface area contributed by atoms with Crippen LogP contribution in [0.25, 0.3) is 0 Å². The summed E-state index contributed by atoms with van der Waals surface area (Å²) in [5.74, 6) is 3.17. The molecule has 1 heteroatoms. The van der Waals surface area contributed by atoms with E-state index in [0.717, 1.165) is 18.3 Å². The summed E-state index contributed by atoms with van der Waals surface area (Å²) in [4.78, 5) is 11.6. The van der Waals surface area contributed by atoms with Gasteiger partial charge in [-0.1, -0.05) is 20.3 Å². The van der Waals surface area contributed by atoms with Gasteiger partial charge in [-0.15, -0.1) is 0 Å². The Hall–Kier alpha value is -0.330. The topological polar surface area (TPSA) is 17.1 Å². The molecule has 4 atom stereocenters. The van der Waals surface area contributed by atoms with Crippen molar-refractivity contribution in [2.75, 3.05) is 0 Å². The Morgan fingerprint density at radius 1 is 1.17 bits per heavy atom. The molecule has 0 saturated heterocycles. The van der Waals surface area contributed by atoms with Crippen molar-refractivity contribution in [1.82, 2.24) is 0 Å². The quantitative estimate of drug-likeness (QED) is 0.540. The van der Waals surface area contributed by atoms with Crippen LogP contribution < -0.4 is 0 Å². The highest BCUT2D eigenvalue weighted by Gasteiger charge is 2.42. The van der Waals surface area contributed by atoms with Crippen LogP contribution in [0.2, 0.25) is 0 Å². The van der Waals surface area contributed by atoms with Crippen LogP contribution in [-0.2, 0) is 4.79 Å². The summed E-state index contributed by atoms with van der Waals surface area (Å²) < 4.78 is 0. The van der Waals surface area contributed by atoms with Gasteiger partial charge >= 0.3 is 0 Å². The van der Waals surface area contributed by atoms with Crippen molar-refractivity contribution in [3.63, 3.8) is 0 Å². The second kappa shape index (κ2) is 2.86. The molecule has 2 aliphatic carbocycles. The third-order valence-corrected chi connectivity index (χ3v) is 4.10. The first-order chi connectivity index (χ1) is 5.70. The fourth-order valence-electron chi connectivity index (χ4n) is 3.08. The van der Waals surface area contributed by atoms with Gasteiger partial charge < -0.3 is 0 Å². The van der Waals surface area contributed by atoms with E-state index in [4.69, 9.17) is 0 Å². The van der Waals surface area contributed by atoms with Crippen LogP contribution in [0.15, 0.2) is 0 Å². The monoisotopic (exact) mass is 166 g/mol. The molecule has 4 unspecified atom stereocenters. The number of rotatable bonds is 0. The normalized spacial score (nSPS) is 47.7. The summed E-state index contributed by atoms with van der Waals surface area (Å²) in [6.07, 6.45) is 4.70. The Kier molecular flexibility index (Phi) is 1.97. The van der Waals surface area contributed by atoms with Gasteiger partial charge in [0.2, 0.25) is 0 Å². The zero-order valence-corrected chi connectivity index (χ0v) is 8.05. The number of ketones is 1. The SMILES string of the molecule is CC1CCC2CCC(=O)C2C1C. The molecule has 0 aromatic heterocycles. The Bertz CT molecular complexity index is 197. The Morgan fingerprint density at radius 3 is 2.67 bits per heavy atom. The zero-order valence-electron chi connectivity index (χ0n) is 8.05. The van der Waals surface area contributed by atoms with Crippen LogP contribution in [0, 0.1) is 23.7 Å². The minimum absolute atomic E-state index is 0.439. The van der Waals surface area contributed by atoms with Gasteiger partial charge in [-0.05, 0) is 30.6 Å². The molecule has 2 saturated carbocycles. The fraction of sp³-hybridized carbons (Fsp3) is 0.909. The lowest BCUT2D eigenvalue weighted by Gasteiger charge is -2.35. The number of carbonyl (C=O) groups excluding carboxylic acids is 1. The number of hydrogen-bond donors (Lipinski definition) is 0. The van der Waals surface area contributed by atoms with Crippen molar-refractivity contribution in [3.05, 3.63) is 0 Å². The number of fused-ring (bicyclic) bond motifs is 1. The molecule has 0 spiro atoms. The summed E-state index contributed by atoms with van der Waals surface area (Å²) in [7, 11) is 0. The van der Waals surface area contributed by atoms with Crippen molar-refractivity contribution >= 4 is 5.78 Å². The summed E-state index contributed by atoms with van der Waals surface area (Å²) >= 11 is 0.